The molecule has 0 aromatic carbocycles. The fraction of sp³-hybridized carbons (Fsp3) is 0.714. The number of nitrogens with zero attached hydrogens (tertiary/aromatic N) is 3. The lowest BCUT2D eigenvalue weighted by Gasteiger charge is -2.23. The molecule has 1 fully saturated rings. The average Bonchev–Trinajstić information content (AvgIpc) is 2.59. The van der Waals surface area contributed by atoms with Crippen molar-refractivity contribution < 1.29 is 4.39 Å². The number of anilines is 2. The molecule has 1 aromatic rings. The molecule has 0 saturated carbocycles. The van der Waals surface area contributed by atoms with Crippen LogP contribution >= 0.6 is 11.8 Å². The maximum Gasteiger partial charge on any atom is 0.224 e. The van der Waals surface area contributed by atoms with Crippen molar-refractivity contribution in [2.24, 2.45) is 0 Å². The number of hydrogen-bond donors (Lipinski definition) is 1. The van der Waals surface area contributed by atoms with E-state index in [1.165, 1.54) is 6.20 Å². The highest BCUT2D eigenvalue weighted by atomic mass is 32.2. The van der Waals surface area contributed by atoms with Crippen LogP contribution in [0.4, 0.5) is 16.2 Å². The fourth-order valence-electron chi connectivity index (χ4n) is 2.13. The SMILES string of the molecule is CCCNc1ncc(F)c(N2CCSC(C)(C)CC2)n1. The number of hydrogen-bond acceptors (Lipinski definition) is 5. The Labute approximate surface area is 124 Å². The predicted molar refractivity (Wildman–Crippen MR) is 84.1 cm³/mol. The summed E-state index contributed by atoms with van der Waals surface area (Å²) in [5.41, 5.74) is 0. The molecule has 1 aromatic heterocycles. The molecule has 112 valence electrons. The molecule has 0 amide bonds. The monoisotopic (exact) mass is 298 g/mol. The number of halogens is 1. The van der Waals surface area contributed by atoms with Gasteiger partial charge in [0, 0.05) is 30.1 Å². The Kier molecular flexibility index (Phi) is 5.07. The average molecular weight is 298 g/mol. The first-order valence-corrected chi connectivity index (χ1v) is 8.16. The highest BCUT2D eigenvalue weighted by molar-refractivity contribution is 8.00. The molecule has 2 rings (SSSR count). The van der Waals surface area contributed by atoms with Gasteiger partial charge < -0.3 is 10.2 Å². The topological polar surface area (TPSA) is 41.1 Å². The van der Waals surface area contributed by atoms with Crippen LogP contribution in [0.5, 0.6) is 0 Å². The lowest BCUT2D eigenvalue weighted by molar-refractivity contribution is 0.589. The second-order valence-corrected chi connectivity index (χ2v) is 7.44. The van der Waals surface area contributed by atoms with Gasteiger partial charge in [0.25, 0.3) is 0 Å². The van der Waals surface area contributed by atoms with Crippen molar-refractivity contribution in [1.29, 1.82) is 0 Å². The van der Waals surface area contributed by atoms with Gasteiger partial charge in [-0.15, -0.1) is 0 Å². The van der Waals surface area contributed by atoms with Crippen molar-refractivity contribution in [3.8, 4) is 0 Å². The third-order valence-corrected chi connectivity index (χ3v) is 4.77. The summed E-state index contributed by atoms with van der Waals surface area (Å²) in [6.45, 7) is 9.02. The maximum absolute atomic E-state index is 14.0. The zero-order valence-electron chi connectivity index (χ0n) is 12.4. The Balaban J connectivity index is 2.14. The van der Waals surface area contributed by atoms with E-state index in [0.717, 1.165) is 38.2 Å². The minimum Gasteiger partial charge on any atom is -0.354 e. The Morgan fingerprint density at radius 2 is 2.25 bits per heavy atom. The van der Waals surface area contributed by atoms with Gasteiger partial charge in [0.15, 0.2) is 11.6 Å². The highest BCUT2D eigenvalue weighted by Crippen LogP contribution is 2.32. The van der Waals surface area contributed by atoms with Crippen LogP contribution in [0, 0.1) is 5.82 Å². The first kappa shape index (κ1) is 15.4. The summed E-state index contributed by atoms with van der Waals surface area (Å²) in [7, 11) is 0. The lowest BCUT2D eigenvalue weighted by atomic mass is 10.1. The van der Waals surface area contributed by atoms with E-state index >= 15 is 0 Å². The highest BCUT2D eigenvalue weighted by Gasteiger charge is 2.25. The van der Waals surface area contributed by atoms with Crippen LogP contribution in [0.2, 0.25) is 0 Å². The van der Waals surface area contributed by atoms with Crippen molar-refractivity contribution in [1.82, 2.24) is 9.97 Å². The van der Waals surface area contributed by atoms with Gasteiger partial charge in [-0.1, -0.05) is 20.8 Å². The molecule has 1 aliphatic heterocycles. The van der Waals surface area contributed by atoms with Gasteiger partial charge in [-0.25, -0.2) is 9.37 Å². The van der Waals surface area contributed by atoms with Crippen LogP contribution in [0.25, 0.3) is 0 Å². The Bertz CT molecular complexity index is 453. The van der Waals surface area contributed by atoms with Crippen LogP contribution < -0.4 is 10.2 Å². The normalized spacial score (nSPS) is 18.7. The summed E-state index contributed by atoms with van der Waals surface area (Å²) in [6, 6.07) is 0. The van der Waals surface area contributed by atoms with Gasteiger partial charge in [-0.2, -0.15) is 16.7 Å². The standard InChI is InChI=1S/C14H23FN4S/c1-4-6-16-13-17-10-11(15)12(18-13)19-7-5-14(2,3)20-9-8-19/h10H,4-9H2,1-3H3,(H,16,17,18). The van der Waals surface area contributed by atoms with Gasteiger partial charge >= 0.3 is 0 Å². The number of nitrogens with one attached hydrogen (secondary N) is 1. The van der Waals surface area contributed by atoms with Crippen LogP contribution in [-0.2, 0) is 0 Å². The summed E-state index contributed by atoms with van der Waals surface area (Å²) in [6.07, 6.45) is 3.28. The molecule has 0 bridgehead atoms. The molecule has 6 heteroatoms. The van der Waals surface area contributed by atoms with E-state index in [2.05, 4.69) is 36.1 Å². The van der Waals surface area contributed by atoms with Crippen LogP contribution in [0.1, 0.15) is 33.6 Å². The molecule has 0 spiro atoms. The summed E-state index contributed by atoms with van der Waals surface area (Å²) < 4.78 is 14.3. The minimum absolute atomic E-state index is 0.252. The number of thioether (sulfide) groups is 1. The molecular weight excluding hydrogens is 275 g/mol. The van der Waals surface area contributed by atoms with Gasteiger partial charge in [0.05, 0.1) is 6.20 Å². The van der Waals surface area contributed by atoms with Crippen molar-refractivity contribution in [3.05, 3.63) is 12.0 Å². The quantitative estimate of drug-likeness (QED) is 0.924. The van der Waals surface area contributed by atoms with E-state index in [0.29, 0.717) is 11.8 Å². The molecule has 0 radical (unpaired) electrons. The summed E-state index contributed by atoms with van der Waals surface area (Å²) in [4.78, 5) is 10.4. The first-order chi connectivity index (χ1) is 9.52. The third kappa shape index (κ3) is 3.98. The van der Waals surface area contributed by atoms with E-state index in [1.54, 1.807) is 0 Å². The molecule has 0 unspecified atom stereocenters. The molecule has 4 nitrogen and oxygen atoms in total. The second kappa shape index (κ2) is 6.61. The molecule has 0 atom stereocenters. The summed E-state index contributed by atoms with van der Waals surface area (Å²) in [5, 5.41) is 3.11. The Hall–Kier alpha value is -1.04. The van der Waals surface area contributed by atoms with Gasteiger partial charge in [-0.05, 0) is 12.8 Å². The molecule has 0 aliphatic carbocycles. The molecule has 1 saturated heterocycles. The van der Waals surface area contributed by atoms with Gasteiger partial charge in [0.2, 0.25) is 5.95 Å². The Morgan fingerprint density at radius 1 is 1.45 bits per heavy atom. The smallest absolute Gasteiger partial charge is 0.224 e. The minimum atomic E-state index is -0.336. The van der Waals surface area contributed by atoms with Gasteiger partial charge in [0.1, 0.15) is 0 Å². The lowest BCUT2D eigenvalue weighted by Crippen LogP contribution is -2.29. The van der Waals surface area contributed by atoms with Gasteiger partial charge in [-0.3, -0.25) is 0 Å². The molecule has 2 heterocycles. The van der Waals surface area contributed by atoms with Crippen LogP contribution in [0.15, 0.2) is 6.20 Å². The molecule has 20 heavy (non-hydrogen) atoms. The van der Waals surface area contributed by atoms with Crippen LogP contribution in [-0.4, -0.2) is 40.1 Å². The summed E-state index contributed by atoms with van der Waals surface area (Å²) in [5.74, 6) is 1.60. The van der Waals surface area contributed by atoms with Crippen molar-refractivity contribution >= 4 is 23.5 Å². The number of rotatable bonds is 4. The molecule has 1 aliphatic rings. The van der Waals surface area contributed by atoms with E-state index in [-0.39, 0.29) is 10.6 Å². The van der Waals surface area contributed by atoms with E-state index in [9.17, 15) is 4.39 Å². The zero-order chi connectivity index (χ0) is 14.6. The van der Waals surface area contributed by atoms with E-state index < -0.39 is 0 Å². The first-order valence-electron chi connectivity index (χ1n) is 7.17. The second-order valence-electron chi connectivity index (χ2n) is 5.64. The van der Waals surface area contributed by atoms with Crippen molar-refractivity contribution in [3.63, 3.8) is 0 Å². The Morgan fingerprint density at radius 3 is 3.00 bits per heavy atom. The molecular formula is C14H23FN4S. The van der Waals surface area contributed by atoms with Crippen LogP contribution in [0.3, 0.4) is 0 Å². The fourth-order valence-corrected chi connectivity index (χ4v) is 3.23. The largest absolute Gasteiger partial charge is 0.354 e. The van der Waals surface area contributed by atoms with E-state index in [4.69, 9.17) is 0 Å². The predicted octanol–water partition coefficient (Wildman–Crippen LogP) is 3.16. The number of aromatic nitrogens is 2. The maximum atomic E-state index is 14.0. The summed E-state index contributed by atoms with van der Waals surface area (Å²) >= 11 is 1.94. The van der Waals surface area contributed by atoms with E-state index in [1.807, 2.05) is 16.7 Å². The third-order valence-electron chi connectivity index (χ3n) is 3.40. The van der Waals surface area contributed by atoms with Crippen molar-refractivity contribution in [2.75, 3.05) is 35.6 Å². The zero-order valence-corrected chi connectivity index (χ0v) is 13.3. The molecule has 1 N–H and O–H groups in total. The van der Waals surface area contributed by atoms with Crippen molar-refractivity contribution in [2.45, 2.75) is 38.4 Å².